The lowest BCUT2D eigenvalue weighted by atomic mass is 10.1. The summed E-state index contributed by atoms with van der Waals surface area (Å²) in [7, 11) is 0. The van der Waals surface area contributed by atoms with E-state index in [2.05, 4.69) is 4.98 Å². The van der Waals surface area contributed by atoms with Crippen LogP contribution in [0.1, 0.15) is 20.7 Å². The Hall–Kier alpha value is -1.99. The molecule has 0 saturated heterocycles. The number of hydrogen-bond acceptors (Lipinski definition) is 5. The molecule has 7 heteroatoms. The van der Waals surface area contributed by atoms with E-state index in [9.17, 15) is 9.59 Å². The van der Waals surface area contributed by atoms with Gasteiger partial charge < -0.3 is 0 Å². The molecule has 2 aromatic rings. The molecule has 2 heterocycles. The van der Waals surface area contributed by atoms with E-state index in [-0.39, 0.29) is 11.8 Å². The molecule has 0 spiro atoms. The standard InChI is InChI=1S/C14H11N3O2S2/c18-12-10-3-1-2-4-11(10)13(19)17(12)7-8-21-14(20)16-6-5-15-9-16/h1-6,9H,7-8H2. The molecule has 1 aromatic carbocycles. The average Bonchev–Trinajstić information content (AvgIpc) is 3.11. The number of fused-ring (bicyclic) bond motifs is 1. The molecule has 0 saturated carbocycles. The third kappa shape index (κ3) is 2.62. The fourth-order valence-corrected chi connectivity index (χ4v) is 3.17. The van der Waals surface area contributed by atoms with E-state index in [0.29, 0.717) is 27.7 Å². The third-order valence-corrected chi connectivity index (χ3v) is 4.54. The average molecular weight is 317 g/mol. The normalized spacial score (nSPS) is 13.6. The lowest BCUT2D eigenvalue weighted by Crippen LogP contribution is -2.32. The largest absolute Gasteiger partial charge is 0.291 e. The second-order valence-electron chi connectivity index (χ2n) is 4.39. The van der Waals surface area contributed by atoms with E-state index in [1.54, 1.807) is 47.6 Å². The van der Waals surface area contributed by atoms with E-state index in [1.807, 2.05) is 0 Å². The number of hydrogen-bond donors (Lipinski definition) is 0. The van der Waals surface area contributed by atoms with Crippen LogP contribution in [0.2, 0.25) is 0 Å². The van der Waals surface area contributed by atoms with Crippen molar-refractivity contribution in [1.82, 2.24) is 14.5 Å². The third-order valence-electron chi connectivity index (χ3n) is 3.13. The van der Waals surface area contributed by atoms with Crippen LogP contribution in [0.5, 0.6) is 0 Å². The smallest absolute Gasteiger partial charge is 0.261 e. The number of aromatic nitrogens is 2. The van der Waals surface area contributed by atoms with Crippen LogP contribution in [0.15, 0.2) is 43.0 Å². The molecule has 2 amide bonds. The number of nitrogens with zero attached hydrogens (tertiary/aromatic N) is 3. The summed E-state index contributed by atoms with van der Waals surface area (Å²) in [5.74, 6) is 0.0946. The molecule has 1 aliphatic rings. The van der Waals surface area contributed by atoms with Gasteiger partial charge in [-0.1, -0.05) is 36.1 Å². The van der Waals surface area contributed by atoms with Crippen LogP contribution in [0.3, 0.4) is 0 Å². The Bertz CT molecular complexity index is 678. The van der Waals surface area contributed by atoms with Crippen molar-refractivity contribution in [2.45, 2.75) is 0 Å². The number of thioether (sulfide) groups is 1. The Morgan fingerprint density at radius 1 is 1.19 bits per heavy atom. The minimum Gasteiger partial charge on any atom is -0.291 e. The SMILES string of the molecule is O=C1c2ccccc2C(=O)N1CCSC(=S)n1ccnc1. The zero-order valence-corrected chi connectivity index (χ0v) is 12.6. The molecule has 0 aliphatic carbocycles. The van der Waals surface area contributed by atoms with Crippen LogP contribution in [0, 0.1) is 0 Å². The molecule has 5 nitrogen and oxygen atoms in total. The van der Waals surface area contributed by atoms with Gasteiger partial charge in [-0.25, -0.2) is 4.98 Å². The second kappa shape index (κ2) is 5.79. The summed E-state index contributed by atoms with van der Waals surface area (Å²) in [5.41, 5.74) is 0.953. The molecule has 0 atom stereocenters. The van der Waals surface area contributed by atoms with E-state index in [0.717, 1.165) is 0 Å². The lowest BCUT2D eigenvalue weighted by molar-refractivity contribution is 0.0664. The fourth-order valence-electron chi connectivity index (χ4n) is 2.11. The van der Waals surface area contributed by atoms with Gasteiger partial charge in [0.1, 0.15) is 10.6 Å². The van der Waals surface area contributed by atoms with Crippen LogP contribution < -0.4 is 0 Å². The monoisotopic (exact) mass is 317 g/mol. The Morgan fingerprint density at radius 2 is 1.86 bits per heavy atom. The first kappa shape index (κ1) is 14.0. The van der Waals surface area contributed by atoms with Gasteiger partial charge >= 0.3 is 0 Å². The number of amides is 2. The van der Waals surface area contributed by atoms with Crippen molar-refractivity contribution in [3.8, 4) is 0 Å². The van der Waals surface area contributed by atoms with Crippen LogP contribution >= 0.6 is 24.0 Å². The minimum atomic E-state index is -0.232. The van der Waals surface area contributed by atoms with Crippen LogP contribution in [-0.2, 0) is 0 Å². The number of imide groups is 1. The summed E-state index contributed by atoms with van der Waals surface area (Å²) in [5, 5.41) is 0. The highest BCUT2D eigenvalue weighted by Crippen LogP contribution is 2.22. The van der Waals surface area contributed by atoms with Gasteiger partial charge in [0.05, 0.1) is 11.1 Å². The zero-order chi connectivity index (χ0) is 14.8. The molecule has 21 heavy (non-hydrogen) atoms. The van der Waals surface area contributed by atoms with Crippen molar-refractivity contribution < 1.29 is 9.59 Å². The molecular formula is C14H11N3O2S2. The zero-order valence-electron chi connectivity index (χ0n) is 10.9. The molecule has 1 aromatic heterocycles. The molecule has 0 fully saturated rings. The van der Waals surface area contributed by atoms with Crippen LogP contribution in [0.4, 0.5) is 0 Å². The van der Waals surface area contributed by atoms with Gasteiger partial charge in [-0.2, -0.15) is 0 Å². The van der Waals surface area contributed by atoms with Crippen molar-refractivity contribution in [2.75, 3.05) is 12.3 Å². The van der Waals surface area contributed by atoms with Crippen molar-refractivity contribution in [1.29, 1.82) is 0 Å². The number of thiocarbonyl (C=S) groups is 1. The predicted octanol–water partition coefficient (Wildman–Crippen LogP) is 2.05. The Labute approximate surface area is 131 Å². The number of rotatable bonds is 3. The molecule has 0 bridgehead atoms. The van der Waals surface area contributed by atoms with Crippen LogP contribution in [-0.4, -0.2) is 42.9 Å². The van der Waals surface area contributed by atoms with Gasteiger partial charge in [-0.05, 0) is 12.1 Å². The summed E-state index contributed by atoms with van der Waals surface area (Å²) in [6.07, 6.45) is 5.03. The van der Waals surface area contributed by atoms with Gasteiger partial charge in [0, 0.05) is 24.7 Å². The number of benzene rings is 1. The highest BCUT2D eigenvalue weighted by molar-refractivity contribution is 8.23. The summed E-state index contributed by atoms with van der Waals surface area (Å²) in [6.45, 7) is 0.339. The maximum absolute atomic E-state index is 12.2. The minimum absolute atomic E-state index is 0.232. The van der Waals surface area contributed by atoms with Gasteiger partial charge in [0.15, 0.2) is 0 Å². The van der Waals surface area contributed by atoms with E-state index in [1.165, 1.54) is 16.7 Å². The maximum Gasteiger partial charge on any atom is 0.261 e. The molecule has 0 radical (unpaired) electrons. The van der Waals surface area contributed by atoms with Crippen molar-refractivity contribution in [3.05, 3.63) is 54.1 Å². The molecule has 1 aliphatic heterocycles. The van der Waals surface area contributed by atoms with Gasteiger partial charge in [0.2, 0.25) is 0 Å². The topological polar surface area (TPSA) is 55.2 Å². The summed E-state index contributed by atoms with van der Waals surface area (Å²) < 4.78 is 2.37. The Kier molecular flexibility index (Phi) is 3.85. The molecule has 0 unspecified atom stereocenters. The first-order chi connectivity index (χ1) is 10.2. The van der Waals surface area contributed by atoms with Crippen molar-refractivity contribution in [3.63, 3.8) is 0 Å². The van der Waals surface area contributed by atoms with E-state index < -0.39 is 0 Å². The van der Waals surface area contributed by atoms with Crippen molar-refractivity contribution >= 4 is 40.1 Å². The number of carbonyl (C=O) groups is 2. The summed E-state index contributed by atoms with van der Waals surface area (Å²) >= 11 is 6.65. The Balaban J connectivity index is 1.61. The van der Waals surface area contributed by atoms with Gasteiger partial charge in [-0.15, -0.1) is 0 Å². The number of imidazole rings is 1. The van der Waals surface area contributed by atoms with Crippen LogP contribution in [0.25, 0.3) is 0 Å². The summed E-state index contributed by atoms with van der Waals surface area (Å²) in [4.78, 5) is 29.5. The molecule has 106 valence electrons. The summed E-state index contributed by atoms with van der Waals surface area (Å²) in [6, 6.07) is 6.88. The second-order valence-corrected chi connectivity index (χ2v) is 6.12. The van der Waals surface area contributed by atoms with E-state index in [4.69, 9.17) is 12.2 Å². The lowest BCUT2D eigenvalue weighted by Gasteiger charge is -2.13. The Morgan fingerprint density at radius 3 is 2.43 bits per heavy atom. The predicted molar refractivity (Wildman–Crippen MR) is 84.5 cm³/mol. The fraction of sp³-hybridized carbons (Fsp3) is 0.143. The maximum atomic E-state index is 12.2. The highest BCUT2D eigenvalue weighted by atomic mass is 32.2. The van der Waals surface area contributed by atoms with Gasteiger partial charge in [-0.3, -0.25) is 19.1 Å². The van der Waals surface area contributed by atoms with Gasteiger partial charge in [0.25, 0.3) is 11.8 Å². The quantitative estimate of drug-likeness (QED) is 0.640. The molecular weight excluding hydrogens is 306 g/mol. The van der Waals surface area contributed by atoms with E-state index >= 15 is 0 Å². The first-order valence-corrected chi connectivity index (χ1v) is 7.68. The molecule has 3 rings (SSSR count). The molecule has 0 N–H and O–H groups in total. The first-order valence-electron chi connectivity index (χ1n) is 6.29. The highest BCUT2D eigenvalue weighted by Gasteiger charge is 2.34. The van der Waals surface area contributed by atoms with Crippen molar-refractivity contribution in [2.24, 2.45) is 0 Å². The number of carbonyl (C=O) groups excluding carboxylic acids is 2.